The molecule has 0 aliphatic carbocycles. The van der Waals surface area contributed by atoms with Gasteiger partial charge in [-0.15, -0.1) is 0 Å². The Morgan fingerprint density at radius 2 is 2.10 bits per heavy atom. The van der Waals surface area contributed by atoms with E-state index >= 15 is 0 Å². The molecule has 0 amide bonds. The highest BCUT2D eigenvalue weighted by atomic mass is 19.1. The van der Waals surface area contributed by atoms with E-state index in [4.69, 9.17) is 0 Å². The molecule has 0 radical (unpaired) electrons. The maximum Gasteiger partial charge on any atom is 0.141 e. The van der Waals surface area contributed by atoms with Crippen LogP contribution >= 0.6 is 0 Å². The van der Waals surface area contributed by atoms with Gasteiger partial charge in [0, 0.05) is 25.0 Å². The number of pyridine rings is 1. The second kappa shape index (κ2) is 6.61. The minimum absolute atomic E-state index is 0.116. The van der Waals surface area contributed by atoms with Gasteiger partial charge in [0.25, 0.3) is 0 Å². The van der Waals surface area contributed by atoms with Crippen molar-refractivity contribution in [2.45, 2.75) is 38.8 Å². The fraction of sp³-hybridized carbons (Fsp3) is 0.467. The quantitative estimate of drug-likeness (QED) is 0.882. The van der Waals surface area contributed by atoms with E-state index in [9.17, 15) is 4.39 Å². The number of hydrogen-bond donors (Lipinski definition) is 1. The average Bonchev–Trinajstić information content (AvgIpc) is 2.81. The molecule has 2 aromatic heterocycles. The number of rotatable bonds is 6. The summed E-state index contributed by atoms with van der Waals surface area (Å²) in [7, 11) is 1.94. The van der Waals surface area contributed by atoms with Crippen molar-refractivity contribution in [3.8, 4) is 0 Å². The zero-order valence-corrected chi connectivity index (χ0v) is 12.2. The van der Waals surface area contributed by atoms with Gasteiger partial charge >= 0.3 is 0 Å². The Labute approximate surface area is 119 Å². The Bertz CT molecular complexity index is 533. The van der Waals surface area contributed by atoms with E-state index in [2.05, 4.69) is 29.2 Å². The molecule has 2 aromatic rings. The lowest BCUT2D eigenvalue weighted by atomic mass is 10.0. The van der Waals surface area contributed by atoms with Crippen LogP contribution in [0, 0.1) is 5.82 Å². The molecule has 5 heteroatoms. The second-order valence-electron chi connectivity index (χ2n) is 5.26. The third-order valence-corrected chi connectivity index (χ3v) is 3.25. The van der Waals surface area contributed by atoms with Gasteiger partial charge in [0.05, 0.1) is 17.9 Å². The van der Waals surface area contributed by atoms with Gasteiger partial charge in [0.15, 0.2) is 0 Å². The van der Waals surface area contributed by atoms with E-state index in [-0.39, 0.29) is 11.9 Å². The lowest BCUT2D eigenvalue weighted by molar-refractivity contribution is 0.438. The predicted octanol–water partition coefficient (Wildman–Crippen LogP) is 2.63. The highest BCUT2D eigenvalue weighted by molar-refractivity contribution is 5.11. The smallest absolute Gasteiger partial charge is 0.141 e. The Hall–Kier alpha value is -1.75. The summed E-state index contributed by atoms with van der Waals surface area (Å²) in [4.78, 5) is 4.19. The van der Waals surface area contributed by atoms with Gasteiger partial charge in [-0.25, -0.2) is 4.39 Å². The van der Waals surface area contributed by atoms with Crippen LogP contribution in [-0.4, -0.2) is 20.8 Å². The van der Waals surface area contributed by atoms with Crippen molar-refractivity contribution < 1.29 is 4.39 Å². The number of halogens is 1. The lowest BCUT2D eigenvalue weighted by Crippen LogP contribution is -2.29. The molecule has 0 aliphatic heterocycles. The fourth-order valence-electron chi connectivity index (χ4n) is 2.25. The summed E-state index contributed by atoms with van der Waals surface area (Å²) in [6.45, 7) is 4.20. The van der Waals surface area contributed by atoms with Crippen LogP contribution in [0.1, 0.15) is 37.7 Å². The van der Waals surface area contributed by atoms with E-state index in [1.165, 1.54) is 18.0 Å². The van der Waals surface area contributed by atoms with Gasteiger partial charge in [0.1, 0.15) is 5.82 Å². The molecular formula is C15H21FN4. The van der Waals surface area contributed by atoms with Gasteiger partial charge in [-0.1, -0.05) is 13.8 Å². The molecule has 1 unspecified atom stereocenters. The highest BCUT2D eigenvalue weighted by Gasteiger charge is 2.15. The third kappa shape index (κ3) is 3.87. The Morgan fingerprint density at radius 3 is 2.65 bits per heavy atom. The summed E-state index contributed by atoms with van der Waals surface area (Å²) in [6.07, 6.45) is 4.88. The molecular weight excluding hydrogens is 255 g/mol. The molecule has 4 nitrogen and oxygen atoms in total. The van der Waals surface area contributed by atoms with Crippen molar-refractivity contribution in [2.75, 3.05) is 0 Å². The van der Waals surface area contributed by atoms with E-state index in [0.29, 0.717) is 6.04 Å². The Morgan fingerprint density at radius 1 is 1.30 bits per heavy atom. The van der Waals surface area contributed by atoms with Crippen molar-refractivity contribution in [1.82, 2.24) is 20.1 Å². The number of nitrogens with one attached hydrogen (secondary N) is 1. The summed E-state index contributed by atoms with van der Waals surface area (Å²) in [6, 6.07) is 5.69. The normalized spacial score (nSPS) is 12.8. The second-order valence-corrected chi connectivity index (χ2v) is 5.26. The van der Waals surface area contributed by atoms with E-state index in [1.807, 2.05) is 17.8 Å². The molecule has 2 heterocycles. The first-order valence-electron chi connectivity index (χ1n) is 6.90. The molecule has 108 valence electrons. The van der Waals surface area contributed by atoms with Gasteiger partial charge < -0.3 is 5.32 Å². The van der Waals surface area contributed by atoms with Gasteiger partial charge in [-0.3, -0.25) is 9.67 Å². The van der Waals surface area contributed by atoms with Crippen LogP contribution in [0.4, 0.5) is 4.39 Å². The van der Waals surface area contributed by atoms with Gasteiger partial charge in [0.2, 0.25) is 0 Å². The molecule has 0 saturated heterocycles. The third-order valence-electron chi connectivity index (χ3n) is 3.25. The van der Waals surface area contributed by atoms with Crippen LogP contribution in [0.5, 0.6) is 0 Å². The minimum Gasteiger partial charge on any atom is -0.306 e. The average molecular weight is 276 g/mol. The zero-order valence-electron chi connectivity index (χ0n) is 12.2. The summed E-state index contributed by atoms with van der Waals surface area (Å²) >= 11 is 0. The number of aryl methyl sites for hydroxylation is 2. The molecule has 0 saturated carbocycles. The lowest BCUT2D eigenvalue weighted by Gasteiger charge is -2.21. The Kier molecular flexibility index (Phi) is 4.84. The van der Waals surface area contributed by atoms with Crippen LogP contribution in [0.2, 0.25) is 0 Å². The van der Waals surface area contributed by atoms with Crippen molar-refractivity contribution in [1.29, 1.82) is 0 Å². The van der Waals surface area contributed by atoms with Crippen molar-refractivity contribution >= 4 is 0 Å². The molecule has 0 aliphatic rings. The molecule has 0 spiro atoms. The van der Waals surface area contributed by atoms with Crippen LogP contribution < -0.4 is 5.32 Å². The van der Waals surface area contributed by atoms with Crippen LogP contribution in [0.15, 0.2) is 30.6 Å². The summed E-state index contributed by atoms with van der Waals surface area (Å²) < 4.78 is 14.9. The molecule has 0 fully saturated rings. The zero-order chi connectivity index (χ0) is 14.5. The highest BCUT2D eigenvalue weighted by Crippen LogP contribution is 2.18. The van der Waals surface area contributed by atoms with E-state index < -0.39 is 0 Å². The molecule has 1 atom stereocenters. The summed E-state index contributed by atoms with van der Waals surface area (Å²) in [5.41, 5.74) is 2.06. The van der Waals surface area contributed by atoms with Crippen LogP contribution in [0.25, 0.3) is 0 Å². The minimum atomic E-state index is -0.302. The largest absolute Gasteiger partial charge is 0.306 e. The number of aromatic nitrogens is 3. The molecule has 20 heavy (non-hydrogen) atoms. The van der Waals surface area contributed by atoms with Crippen molar-refractivity contribution in [3.05, 3.63) is 47.8 Å². The van der Waals surface area contributed by atoms with Crippen molar-refractivity contribution in [3.63, 3.8) is 0 Å². The molecule has 1 N–H and O–H groups in total. The molecule has 2 rings (SSSR count). The number of hydrogen-bond acceptors (Lipinski definition) is 3. The number of nitrogens with zero attached hydrogens (tertiary/aromatic N) is 3. The first kappa shape index (κ1) is 14.7. The monoisotopic (exact) mass is 276 g/mol. The van der Waals surface area contributed by atoms with Crippen molar-refractivity contribution in [2.24, 2.45) is 7.05 Å². The maximum absolute atomic E-state index is 13.0. The molecule has 0 aromatic carbocycles. The SMILES string of the molecule is CC(C)NC(CCc1ccnn1C)c1ccc(F)cn1. The van der Waals surface area contributed by atoms with Gasteiger partial charge in [-0.05, 0) is 31.0 Å². The topological polar surface area (TPSA) is 42.7 Å². The maximum atomic E-state index is 13.0. The molecule has 0 bridgehead atoms. The first-order valence-corrected chi connectivity index (χ1v) is 6.90. The summed E-state index contributed by atoms with van der Waals surface area (Å²) in [5, 5.41) is 7.65. The fourth-order valence-corrected chi connectivity index (χ4v) is 2.25. The van der Waals surface area contributed by atoms with Crippen LogP contribution in [0.3, 0.4) is 0 Å². The predicted molar refractivity (Wildman–Crippen MR) is 76.7 cm³/mol. The summed E-state index contributed by atoms with van der Waals surface area (Å²) in [5.74, 6) is -0.302. The van der Waals surface area contributed by atoms with Crippen LogP contribution in [-0.2, 0) is 13.5 Å². The standard InChI is InChI=1S/C15H21FN4/c1-11(2)19-15(14-6-4-12(16)10-17-14)7-5-13-8-9-18-20(13)3/h4,6,8-11,15,19H,5,7H2,1-3H3. The van der Waals surface area contributed by atoms with E-state index in [0.717, 1.165) is 18.5 Å². The van der Waals surface area contributed by atoms with Gasteiger partial charge in [-0.2, -0.15) is 5.10 Å². The van der Waals surface area contributed by atoms with E-state index in [1.54, 1.807) is 12.3 Å². The first-order chi connectivity index (χ1) is 9.56. The Balaban J connectivity index is 2.07.